The van der Waals surface area contributed by atoms with E-state index in [1.165, 1.54) is 31.4 Å². The molecule has 25 heavy (non-hydrogen) atoms. The van der Waals surface area contributed by atoms with Gasteiger partial charge < -0.3 is 20.4 Å². The minimum Gasteiger partial charge on any atom is -0.478 e. The van der Waals surface area contributed by atoms with Crippen LogP contribution < -0.4 is 10.2 Å². The number of carboxylic acids is 2. The van der Waals surface area contributed by atoms with Gasteiger partial charge in [-0.25, -0.2) is 9.59 Å². The molecule has 3 rings (SSSR count). The number of fused-ring (bicyclic) bond motifs is 2. The van der Waals surface area contributed by atoms with Gasteiger partial charge in [-0.05, 0) is 38.3 Å². The number of pyridine rings is 1. The third-order valence-corrected chi connectivity index (χ3v) is 4.46. The zero-order valence-corrected chi connectivity index (χ0v) is 14.5. The molecule has 2 fully saturated rings. The van der Waals surface area contributed by atoms with Crippen LogP contribution in [-0.2, 0) is 9.59 Å². The van der Waals surface area contributed by atoms with Gasteiger partial charge in [-0.3, -0.25) is 4.98 Å². The Morgan fingerprint density at radius 2 is 1.84 bits per heavy atom. The summed E-state index contributed by atoms with van der Waals surface area (Å²) in [5.41, 5.74) is 1.19. The molecule has 3 N–H and O–H groups in total. The number of hydrogen-bond acceptors (Lipinski definition) is 5. The van der Waals surface area contributed by atoms with E-state index in [1.807, 2.05) is 12.3 Å². The number of halogens is 1. The van der Waals surface area contributed by atoms with E-state index in [1.54, 1.807) is 6.20 Å². The van der Waals surface area contributed by atoms with Gasteiger partial charge in [0.2, 0.25) is 0 Å². The van der Waals surface area contributed by atoms with Crippen LogP contribution in [-0.4, -0.2) is 52.3 Å². The van der Waals surface area contributed by atoms with E-state index in [2.05, 4.69) is 15.2 Å². The summed E-state index contributed by atoms with van der Waals surface area (Å²) in [7, 11) is 0. The lowest BCUT2D eigenvalue weighted by atomic mass is 9.94. The van der Waals surface area contributed by atoms with Crippen molar-refractivity contribution in [1.29, 1.82) is 0 Å². The van der Waals surface area contributed by atoms with Crippen molar-refractivity contribution in [3.05, 3.63) is 35.6 Å². The summed E-state index contributed by atoms with van der Waals surface area (Å²) in [6.45, 7) is 2.22. The maximum absolute atomic E-state index is 9.55. The third kappa shape index (κ3) is 6.03. The first-order chi connectivity index (χ1) is 12.0. The molecule has 0 unspecified atom stereocenters. The van der Waals surface area contributed by atoms with E-state index in [0.717, 1.165) is 18.1 Å². The highest BCUT2D eigenvalue weighted by atomic mass is 35.5. The molecule has 1 aromatic rings. The second-order valence-electron chi connectivity index (χ2n) is 6.01. The average Bonchev–Trinajstić information content (AvgIpc) is 2.69. The zero-order chi connectivity index (χ0) is 18.2. The van der Waals surface area contributed by atoms with Crippen molar-refractivity contribution in [1.82, 2.24) is 10.3 Å². The Kier molecular flexibility index (Phi) is 7.21. The van der Waals surface area contributed by atoms with Crippen LogP contribution in [0, 0.1) is 0 Å². The normalized spacial score (nSPS) is 22.7. The summed E-state index contributed by atoms with van der Waals surface area (Å²) in [6.07, 6.45) is 9.91. The second-order valence-corrected chi connectivity index (χ2v) is 6.45. The van der Waals surface area contributed by atoms with Gasteiger partial charge in [0.15, 0.2) is 0 Å². The summed E-state index contributed by atoms with van der Waals surface area (Å²) in [5.74, 6) is -2.51. The number of anilines is 1. The topological polar surface area (TPSA) is 103 Å². The Hall–Kier alpha value is -2.12. The molecular formula is C17H22ClN3O4. The first kappa shape index (κ1) is 19.2. The molecule has 3 heterocycles. The molecule has 8 heteroatoms. The van der Waals surface area contributed by atoms with E-state index in [-0.39, 0.29) is 0 Å². The molecule has 136 valence electrons. The lowest BCUT2D eigenvalue weighted by molar-refractivity contribution is -0.134. The Morgan fingerprint density at radius 3 is 2.48 bits per heavy atom. The van der Waals surface area contributed by atoms with Crippen LogP contribution in [0.2, 0.25) is 5.02 Å². The van der Waals surface area contributed by atoms with Crippen LogP contribution in [0.15, 0.2) is 30.6 Å². The van der Waals surface area contributed by atoms with Gasteiger partial charge in [0.25, 0.3) is 0 Å². The fourth-order valence-corrected chi connectivity index (χ4v) is 3.46. The fraction of sp³-hybridized carbons (Fsp3) is 0.471. The summed E-state index contributed by atoms with van der Waals surface area (Å²) in [6, 6.07) is 3.31. The minimum absolute atomic E-state index is 0.558. The Morgan fingerprint density at radius 1 is 1.16 bits per heavy atom. The molecule has 0 amide bonds. The molecule has 2 saturated heterocycles. The van der Waals surface area contributed by atoms with E-state index < -0.39 is 11.9 Å². The summed E-state index contributed by atoms with van der Waals surface area (Å²) in [5, 5.41) is 19.9. The van der Waals surface area contributed by atoms with Crippen molar-refractivity contribution in [2.75, 3.05) is 18.0 Å². The van der Waals surface area contributed by atoms with Crippen molar-refractivity contribution >= 4 is 29.2 Å². The maximum Gasteiger partial charge on any atom is 0.328 e. The number of rotatable bonds is 3. The summed E-state index contributed by atoms with van der Waals surface area (Å²) < 4.78 is 0. The Labute approximate surface area is 151 Å². The number of piperidine rings is 1. The van der Waals surface area contributed by atoms with Crippen molar-refractivity contribution in [3.8, 4) is 0 Å². The first-order valence-electron chi connectivity index (χ1n) is 8.21. The number of aromatic nitrogens is 1. The predicted molar refractivity (Wildman–Crippen MR) is 95.1 cm³/mol. The van der Waals surface area contributed by atoms with Crippen LogP contribution in [0.25, 0.3) is 0 Å². The zero-order valence-electron chi connectivity index (χ0n) is 13.8. The molecule has 2 aliphatic rings. The lowest BCUT2D eigenvalue weighted by Crippen LogP contribution is -2.48. The number of nitrogens with one attached hydrogen (secondary N) is 1. The predicted octanol–water partition coefficient (Wildman–Crippen LogP) is 2.17. The molecule has 7 nitrogen and oxygen atoms in total. The maximum atomic E-state index is 9.55. The number of hydrogen-bond donors (Lipinski definition) is 3. The van der Waals surface area contributed by atoms with Crippen LogP contribution in [0.5, 0.6) is 0 Å². The monoisotopic (exact) mass is 367 g/mol. The lowest BCUT2D eigenvalue weighted by Gasteiger charge is -2.42. The van der Waals surface area contributed by atoms with Gasteiger partial charge in [-0.15, -0.1) is 0 Å². The Bertz CT molecular complexity index is 608. The number of carboxylic acid groups (broad SMARTS) is 2. The molecule has 2 atom stereocenters. The van der Waals surface area contributed by atoms with Crippen molar-refractivity contribution < 1.29 is 19.8 Å². The molecule has 0 aliphatic carbocycles. The first-order valence-corrected chi connectivity index (χ1v) is 8.58. The standard InChI is InChI=1S/C13H18ClN3.C4H4O4/c14-10-6-13(9-16-7-10)17-11-2-1-3-12(17)8-15-5-4-11;5-3(6)1-2-4(7)8/h6-7,9,11-12,15H,1-5,8H2;1-2H,(H,5,6)(H,7,8)/b;2-1+/t11-,12+;/m0./s1. The van der Waals surface area contributed by atoms with Gasteiger partial charge >= 0.3 is 11.9 Å². The molecule has 0 aromatic carbocycles. The highest BCUT2D eigenvalue weighted by Crippen LogP contribution is 2.32. The molecule has 2 bridgehead atoms. The number of nitrogens with zero attached hydrogens (tertiary/aromatic N) is 2. The van der Waals surface area contributed by atoms with Gasteiger partial charge in [-0.2, -0.15) is 0 Å². The van der Waals surface area contributed by atoms with Crippen LogP contribution in [0.1, 0.15) is 25.7 Å². The SMILES string of the molecule is Clc1cncc(N2[C@H]3CCC[C@@H]2CNCC3)c1.O=C(O)/C=C/C(=O)O. The number of aliphatic carboxylic acids is 2. The molecule has 0 saturated carbocycles. The van der Waals surface area contributed by atoms with Crippen molar-refractivity contribution in [3.63, 3.8) is 0 Å². The van der Waals surface area contributed by atoms with E-state index in [4.69, 9.17) is 21.8 Å². The largest absolute Gasteiger partial charge is 0.478 e. The van der Waals surface area contributed by atoms with Crippen molar-refractivity contribution in [2.45, 2.75) is 37.8 Å². The summed E-state index contributed by atoms with van der Waals surface area (Å²) in [4.78, 5) is 25.9. The highest BCUT2D eigenvalue weighted by Gasteiger charge is 2.32. The molecule has 0 spiro atoms. The second kappa shape index (κ2) is 9.39. The number of carbonyl (C=O) groups is 2. The highest BCUT2D eigenvalue weighted by molar-refractivity contribution is 6.30. The van der Waals surface area contributed by atoms with Crippen LogP contribution in [0.4, 0.5) is 5.69 Å². The fourth-order valence-electron chi connectivity index (χ4n) is 3.29. The van der Waals surface area contributed by atoms with Crippen LogP contribution >= 0.6 is 11.6 Å². The molecule has 0 radical (unpaired) electrons. The molecular weight excluding hydrogens is 346 g/mol. The smallest absolute Gasteiger partial charge is 0.328 e. The molecule has 1 aromatic heterocycles. The van der Waals surface area contributed by atoms with Gasteiger partial charge in [0.05, 0.1) is 16.9 Å². The van der Waals surface area contributed by atoms with Gasteiger partial charge in [0.1, 0.15) is 0 Å². The minimum atomic E-state index is -1.26. The van der Waals surface area contributed by atoms with E-state index in [0.29, 0.717) is 24.2 Å². The third-order valence-electron chi connectivity index (χ3n) is 4.25. The van der Waals surface area contributed by atoms with Crippen molar-refractivity contribution in [2.24, 2.45) is 0 Å². The summed E-state index contributed by atoms with van der Waals surface area (Å²) >= 11 is 6.06. The van der Waals surface area contributed by atoms with Gasteiger partial charge in [-0.1, -0.05) is 11.6 Å². The Balaban J connectivity index is 0.000000242. The molecule has 2 aliphatic heterocycles. The van der Waals surface area contributed by atoms with E-state index >= 15 is 0 Å². The van der Waals surface area contributed by atoms with Gasteiger partial charge in [0, 0.05) is 37.0 Å². The average molecular weight is 368 g/mol. The quantitative estimate of drug-likeness (QED) is 0.703. The van der Waals surface area contributed by atoms with Crippen LogP contribution in [0.3, 0.4) is 0 Å². The van der Waals surface area contributed by atoms with E-state index in [9.17, 15) is 9.59 Å².